The number of carbonyl (C=O) groups is 1. The van der Waals surface area contributed by atoms with Crippen LogP contribution in [0.2, 0.25) is 0 Å². The zero-order valence-corrected chi connectivity index (χ0v) is 20.1. The lowest BCUT2D eigenvalue weighted by atomic mass is 9.88. The normalized spacial score (nSPS) is 15.5. The minimum atomic E-state index is -0.141. The highest BCUT2D eigenvalue weighted by molar-refractivity contribution is 5.96. The summed E-state index contributed by atoms with van der Waals surface area (Å²) in [7, 11) is 0. The SMILES string of the molecule is CC(NC(=O)c1cccc(N)c1)N1CCCCC1=C1c2ccccc2C=Cc2ccccc21.Cl. The second-order valence-electron chi connectivity index (χ2n) is 8.75. The van der Waals surface area contributed by atoms with Gasteiger partial charge in [0, 0.05) is 29.1 Å². The van der Waals surface area contributed by atoms with E-state index in [0.29, 0.717) is 11.3 Å². The molecule has 1 unspecified atom stereocenters. The fourth-order valence-electron chi connectivity index (χ4n) is 4.96. The number of nitrogen functional groups attached to an aromatic ring is 1. The standard InChI is InChI=1S/C29H29N3O.ClH/c1-20(31-29(33)23-11-8-12-24(30)19-23)32-18-7-6-15-27(32)28-25-13-4-2-9-21(25)16-17-22-10-3-5-14-26(22)28;/h2-5,8-14,16-17,19-20H,6-7,15,18,30H2,1H3,(H,31,33);1H. The number of rotatable bonds is 3. The highest BCUT2D eigenvalue weighted by Gasteiger charge is 2.28. The summed E-state index contributed by atoms with van der Waals surface area (Å²) >= 11 is 0. The van der Waals surface area contributed by atoms with Gasteiger partial charge >= 0.3 is 0 Å². The first-order valence-corrected chi connectivity index (χ1v) is 11.6. The van der Waals surface area contributed by atoms with Crippen molar-refractivity contribution < 1.29 is 4.79 Å². The van der Waals surface area contributed by atoms with Crippen molar-refractivity contribution in [3.05, 3.63) is 106 Å². The van der Waals surface area contributed by atoms with E-state index in [1.165, 1.54) is 33.5 Å². The summed E-state index contributed by atoms with van der Waals surface area (Å²) in [6, 6.07) is 24.3. The van der Waals surface area contributed by atoms with E-state index in [4.69, 9.17) is 5.73 Å². The molecule has 3 N–H and O–H groups in total. The third-order valence-electron chi connectivity index (χ3n) is 6.56. The Labute approximate surface area is 207 Å². The molecule has 1 amide bonds. The van der Waals surface area contributed by atoms with Crippen LogP contribution in [0.1, 0.15) is 58.8 Å². The lowest BCUT2D eigenvalue weighted by Crippen LogP contribution is -2.47. The van der Waals surface area contributed by atoms with Crippen LogP contribution < -0.4 is 11.1 Å². The maximum Gasteiger partial charge on any atom is 0.252 e. The molecular formula is C29H30ClN3O. The van der Waals surface area contributed by atoms with Crippen molar-refractivity contribution in [2.75, 3.05) is 12.3 Å². The number of nitrogens with two attached hydrogens (primary N) is 1. The van der Waals surface area contributed by atoms with Crippen molar-refractivity contribution in [2.45, 2.75) is 32.4 Å². The largest absolute Gasteiger partial charge is 0.399 e. The molecular weight excluding hydrogens is 442 g/mol. The number of carbonyl (C=O) groups excluding carboxylic acids is 1. The van der Waals surface area contributed by atoms with Gasteiger partial charge in [-0.3, -0.25) is 4.79 Å². The quantitative estimate of drug-likeness (QED) is 0.350. The summed E-state index contributed by atoms with van der Waals surface area (Å²) in [6.07, 6.45) is 7.51. The Morgan fingerprint density at radius 1 is 0.912 bits per heavy atom. The van der Waals surface area contributed by atoms with Crippen LogP contribution in [-0.2, 0) is 0 Å². The molecule has 2 aliphatic rings. The average Bonchev–Trinajstić information content (AvgIpc) is 3.01. The lowest BCUT2D eigenvalue weighted by molar-refractivity contribution is 0.0880. The minimum absolute atomic E-state index is 0. The number of nitrogens with one attached hydrogen (secondary N) is 1. The third-order valence-corrected chi connectivity index (χ3v) is 6.56. The fourth-order valence-corrected chi connectivity index (χ4v) is 4.96. The van der Waals surface area contributed by atoms with E-state index in [-0.39, 0.29) is 24.5 Å². The van der Waals surface area contributed by atoms with Crippen LogP contribution in [0, 0.1) is 0 Å². The Kier molecular flexibility index (Phi) is 7.09. The second kappa shape index (κ2) is 10.2. The predicted molar refractivity (Wildman–Crippen MR) is 143 cm³/mol. The maximum absolute atomic E-state index is 13.0. The second-order valence-corrected chi connectivity index (χ2v) is 8.75. The number of likely N-dealkylation sites (tertiary alicyclic amines) is 1. The number of hydrogen-bond acceptors (Lipinski definition) is 3. The summed E-state index contributed by atoms with van der Waals surface area (Å²) in [5, 5.41) is 3.21. The van der Waals surface area contributed by atoms with Gasteiger partial charge in [0.1, 0.15) is 0 Å². The van der Waals surface area contributed by atoms with Crippen LogP contribution in [0.5, 0.6) is 0 Å². The molecule has 4 nitrogen and oxygen atoms in total. The molecule has 5 heteroatoms. The molecule has 1 aliphatic heterocycles. The molecule has 1 heterocycles. The van der Waals surface area contributed by atoms with E-state index >= 15 is 0 Å². The Balaban J connectivity index is 0.00000274. The summed E-state index contributed by atoms with van der Waals surface area (Å²) < 4.78 is 0. The van der Waals surface area contributed by atoms with Gasteiger partial charge in [0.15, 0.2) is 0 Å². The van der Waals surface area contributed by atoms with Crippen LogP contribution in [0.4, 0.5) is 5.69 Å². The van der Waals surface area contributed by atoms with Crippen molar-refractivity contribution in [3.8, 4) is 0 Å². The highest BCUT2D eigenvalue weighted by atomic mass is 35.5. The molecule has 34 heavy (non-hydrogen) atoms. The molecule has 1 aliphatic carbocycles. The highest BCUT2D eigenvalue weighted by Crippen LogP contribution is 2.39. The molecule has 3 aromatic rings. The number of halogens is 1. The molecule has 0 spiro atoms. The van der Waals surface area contributed by atoms with Crippen LogP contribution in [-0.4, -0.2) is 23.5 Å². The number of fused-ring (bicyclic) bond motifs is 2. The molecule has 174 valence electrons. The molecule has 0 aromatic heterocycles. The van der Waals surface area contributed by atoms with E-state index < -0.39 is 0 Å². The van der Waals surface area contributed by atoms with E-state index in [1.807, 2.05) is 6.07 Å². The first-order chi connectivity index (χ1) is 16.1. The van der Waals surface area contributed by atoms with Gasteiger partial charge in [-0.15, -0.1) is 12.4 Å². The topological polar surface area (TPSA) is 58.4 Å². The Morgan fingerprint density at radius 2 is 1.56 bits per heavy atom. The predicted octanol–water partition coefficient (Wildman–Crippen LogP) is 6.20. The van der Waals surface area contributed by atoms with Crippen molar-refractivity contribution in [1.82, 2.24) is 10.2 Å². The number of piperidine rings is 1. The molecule has 0 bridgehead atoms. The zero-order valence-electron chi connectivity index (χ0n) is 19.3. The molecule has 3 aromatic carbocycles. The molecule has 1 fully saturated rings. The van der Waals surface area contributed by atoms with Crippen molar-refractivity contribution in [1.29, 1.82) is 0 Å². The van der Waals surface area contributed by atoms with Gasteiger partial charge in [-0.1, -0.05) is 66.7 Å². The first kappa shape index (κ1) is 23.7. The number of benzene rings is 3. The van der Waals surface area contributed by atoms with Gasteiger partial charge in [0.2, 0.25) is 0 Å². The summed E-state index contributed by atoms with van der Waals surface area (Å²) in [5.41, 5.74) is 14.6. The van der Waals surface area contributed by atoms with Crippen molar-refractivity contribution in [3.63, 3.8) is 0 Å². The van der Waals surface area contributed by atoms with Crippen LogP contribution in [0.25, 0.3) is 17.7 Å². The Bertz CT molecular complexity index is 1210. The minimum Gasteiger partial charge on any atom is -0.399 e. The summed E-state index contributed by atoms with van der Waals surface area (Å²) in [5.74, 6) is -0.104. The van der Waals surface area contributed by atoms with Crippen LogP contribution in [0.15, 0.2) is 78.5 Å². The Morgan fingerprint density at radius 3 is 2.21 bits per heavy atom. The van der Waals surface area contributed by atoms with Gasteiger partial charge in [0.25, 0.3) is 5.91 Å². The van der Waals surface area contributed by atoms with Gasteiger partial charge in [-0.25, -0.2) is 0 Å². The van der Waals surface area contributed by atoms with Crippen LogP contribution >= 0.6 is 12.4 Å². The molecule has 5 rings (SSSR count). The summed E-state index contributed by atoms with van der Waals surface area (Å²) in [4.78, 5) is 15.3. The fraction of sp³-hybridized carbons (Fsp3) is 0.207. The number of amides is 1. The monoisotopic (exact) mass is 471 g/mol. The first-order valence-electron chi connectivity index (χ1n) is 11.6. The van der Waals surface area contributed by atoms with Gasteiger partial charge in [-0.2, -0.15) is 0 Å². The van der Waals surface area contributed by atoms with E-state index in [1.54, 1.807) is 18.2 Å². The van der Waals surface area contributed by atoms with Crippen molar-refractivity contribution in [2.24, 2.45) is 0 Å². The Hall–Kier alpha value is -3.50. The smallest absolute Gasteiger partial charge is 0.252 e. The third kappa shape index (κ3) is 4.59. The average molecular weight is 472 g/mol. The number of nitrogens with zero attached hydrogens (tertiary/aromatic N) is 1. The van der Waals surface area contributed by atoms with Crippen molar-refractivity contribution >= 4 is 41.7 Å². The van der Waals surface area contributed by atoms with Gasteiger partial charge in [0.05, 0.1) is 6.17 Å². The molecule has 1 saturated heterocycles. The van der Waals surface area contributed by atoms with E-state index in [2.05, 4.69) is 77.8 Å². The molecule has 1 atom stereocenters. The van der Waals surface area contributed by atoms with Gasteiger partial charge in [-0.05, 0) is 66.6 Å². The van der Waals surface area contributed by atoms with E-state index in [0.717, 1.165) is 25.8 Å². The number of anilines is 1. The van der Waals surface area contributed by atoms with E-state index in [9.17, 15) is 4.79 Å². The molecule has 0 saturated carbocycles. The van der Waals surface area contributed by atoms with Gasteiger partial charge < -0.3 is 16.0 Å². The number of allylic oxidation sites excluding steroid dienone is 1. The summed E-state index contributed by atoms with van der Waals surface area (Å²) in [6.45, 7) is 2.98. The van der Waals surface area contributed by atoms with Crippen LogP contribution in [0.3, 0.4) is 0 Å². The molecule has 0 radical (unpaired) electrons. The zero-order chi connectivity index (χ0) is 22.8. The lowest BCUT2D eigenvalue weighted by Gasteiger charge is -2.39. The maximum atomic E-state index is 13.0. The number of hydrogen-bond donors (Lipinski definition) is 2.